The monoisotopic (exact) mass is 273 g/mol. The summed E-state index contributed by atoms with van der Waals surface area (Å²) in [5.74, 6) is 0. The van der Waals surface area contributed by atoms with Crippen molar-refractivity contribution in [3.63, 3.8) is 0 Å². The molecule has 1 heterocycles. The van der Waals surface area contributed by atoms with E-state index in [0.29, 0.717) is 0 Å². The summed E-state index contributed by atoms with van der Waals surface area (Å²) in [6.45, 7) is 2.72. The number of rotatable bonds is 4. The minimum Gasteiger partial charge on any atom is -0.381 e. The first-order chi connectivity index (χ1) is 9.58. The maximum absolute atomic E-state index is 11.2. The third-order valence-electron chi connectivity index (χ3n) is 2.97. The SMILES string of the molecule is CNC(=O)Nc1ccc(NCc2cn(C)nc2C)cc1. The summed E-state index contributed by atoms with van der Waals surface area (Å²) in [6, 6.07) is 7.34. The third kappa shape index (κ3) is 3.50. The largest absolute Gasteiger partial charge is 0.381 e. The fourth-order valence-electron chi connectivity index (χ4n) is 1.88. The number of carbonyl (C=O) groups excluding carboxylic acids is 1. The Morgan fingerprint density at radius 3 is 2.45 bits per heavy atom. The highest BCUT2D eigenvalue weighted by atomic mass is 16.2. The van der Waals surface area contributed by atoms with Crippen LogP contribution in [0.3, 0.4) is 0 Å². The maximum atomic E-state index is 11.2. The van der Waals surface area contributed by atoms with Crippen molar-refractivity contribution in [3.05, 3.63) is 41.7 Å². The Bertz CT molecular complexity index is 588. The van der Waals surface area contributed by atoms with Gasteiger partial charge in [0.05, 0.1) is 5.69 Å². The van der Waals surface area contributed by atoms with Gasteiger partial charge in [0.1, 0.15) is 0 Å². The third-order valence-corrected chi connectivity index (χ3v) is 2.97. The van der Waals surface area contributed by atoms with E-state index in [-0.39, 0.29) is 6.03 Å². The zero-order valence-electron chi connectivity index (χ0n) is 11.9. The molecule has 0 spiro atoms. The molecule has 2 rings (SSSR count). The average Bonchev–Trinajstić information content (AvgIpc) is 2.76. The lowest BCUT2D eigenvalue weighted by molar-refractivity contribution is 0.254. The van der Waals surface area contributed by atoms with Gasteiger partial charge in [-0.05, 0) is 31.2 Å². The number of nitrogens with zero attached hydrogens (tertiary/aromatic N) is 2. The van der Waals surface area contributed by atoms with Crippen molar-refractivity contribution in [2.45, 2.75) is 13.5 Å². The van der Waals surface area contributed by atoms with Crippen LogP contribution in [0.25, 0.3) is 0 Å². The summed E-state index contributed by atoms with van der Waals surface area (Å²) in [5.41, 5.74) is 3.95. The molecule has 0 atom stereocenters. The Labute approximate surface area is 118 Å². The molecule has 3 N–H and O–H groups in total. The number of hydrogen-bond acceptors (Lipinski definition) is 3. The molecule has 6 heteroatoms. The summed E-state index contributed by atoms with van der Waals surface area (Å²) in [4.78, 5) is 11.2. The molecule has 0 unspecified atom stereocenters. The Hall–Kier alpha value is -2.50. The lowest BCUT2D eigenvalue weighted by Gasteiger charge is -2.08. The van der Waals surface area contributed by atoms with Crippen molar-refractivity contribution in [2.24, 2.45) is 7.05 Å². The molecule has 6 nitrogen and oxygen atoms in total. The van der Waals surface area contributed by atoms with E-state index in [4.69, 9.17) is 0 Å². The highest BCUT2D eigenvalue weighted by Gasteiger charge is 2.03. The number of amides is 2. The topological polar surface area (TPSA) is 71.0 Å². The first-order valence-electron chi connectivity index (χ1n) is 6.40. The van der Waals surface area contributed by atoms with Crippen LogP contribution in [0.1, 0.15) is 11.3 Å². The highest BCUT2D eigenvalue weighted by molar-refractivity contribution is 5.89. The number of urea groups is 1. The van der Waals surface area contributed by atoms with Gasteiger partial charge in [-0.2, -0.15) is 5.10 Å². The standard InChI is InChI=1S/C14H19N5O/c1-10-11(9-19(3)18-10)8-16-12-4-6-13(7-5-12)17-14(20)15-2/h4-7,9,16H,8H2,1-3H3,(H2,15,17,20). The number of hydrogen-bond donors (Lipinski definition) is 3. The van der Waals surface area contributed by atoms with E-state index in [1.54, 1.807) is 7.05 Å². The van der Waals surface area contributed by atoms with Gasteiger partial charge in [0.25, 0.3) is 0 Å². The zero-order valence-corrected chi connectivity index (χ0v) is 11.9. The van der Waals surface area contributed by atoms with Gasteiger partial charge in [-0.1, -0.05) is 0 Å². The molecule has 0 bridgehead atoms. The van der Waals surface area contributed by atoms with Crippen LogP contribution in [0.2, 0.25) is 0 Å². The van der Waals surface area contributed by atoms with Crippen LogP contribution in [0.4, 0.5) is 16.2 Å². The molecule has 2 amide bonds. The highest BCUT2D eigenvalue weighted by Crippen LogP contribution is 2.15. The lowest BCUT2D eigenvalue weighted by atomic mass is 10.2. The van der Waals surface area contributed by atoms with Crippen LogP contribution >= 0.6 is 0 Å². The van der Waals surface area contributed by atoms with Crippen molar-refractivity contribution in [3.8, 4) is 0 Å². The predicted molar refractivity (Wildman–Crippen MR) is 79.8 cm³/mol. The van der Waals surface area contributed by atoms with Gasteiger partial charge in [-0.15, -0.1) is 0 Å². The number of aryl methyl sites for hydroxylation is 2. The average molecular weight is 273 g/mol. The Balaban J connectivity index is 1.94. The summed E-state index contributed by atoms with van der Waals surface area (Å²) < 4.78 is 1.81. The molecule has 20 heavy (non-hydrogen) atoms. The molecule has 0 saturated carbocycles. The fourth-order valence-corrected chi connectivity index (χ4v) is 1.88. The predicted octanol–water partition coefficient (Wildman–Crippen LogP) is 2.09. The van der Waals surface area contributed by atoms with Crippen molar-refractivity contribution < 1.29 is 4.79 Å². The summed E-state index contributed by atoms with van der Waals surface area (Å²) in [5, 5.41) is 12.9. The number of benzene rings is 1. The quantitative estimate of drug-likeness (QED) is 0.799. The molecule has 1 aromatic carbocycles. The Morgan fingerprint density at radius 1 is 1.25 bits per heavy atom. The van der Waals surface area contributed by atoms with Crippen LogP contribution in [-0.2, 0) is 13.6 Å². The molecule has 2 aromatic rings. The minimum absolute atomic E-state index is 0.225. The van der Waals surface area contributed by atoms with Gasteiger partial charge in [0, 0.05) is 43.8 Å². The summed E-state index contributed by atoms with van der Waals surface area (Å²) in [7, 11) is 3.50. The van der Waals surface area contributed by atoms with Gasteiger partial charge >= 0.3 is 6.03 Å². The van der Waals surface area contributed by atoms with Gasteiger partial charge < -0.3 is 16.0 Å². The van der Waals surface area contributed by atoms with Crippen molar-refractivity contribution in [2.75, 3.05) is 17.7 Å². The van der Waals surface area contributed by atoms with E-state index in [9.17, 15) is 4.79 Å². The van der Waals surface area contributed by atoms with Crippen molar-refractivity contribution in [1.82, 2.24) is 15.1 Å². The van der Waals surface area contributed by atoms with Crippen LogP contribution in [0.5, 0.6) is 0 Å². The normalized spacial score (nSPS) is 10.2. The van der Waals surface area contributed by atoms with E-state index in [1.807, 2.05) is 49.1 Å². The molecule has 106 valence electrons. The Morgan fingerprint density at radius 2 is 1.90 bits per heavy atom. The Kier molecular flexibility index (Phi) is 4.24. The van der Waals surface area contributed by atoms with Gasteiger partial charge in [-0.25, -0.2) is 4.79 Å². The van der Waals surface area contributed by atoms with Crippen LogP contribution in [-0.4, -0.2) is 22.9 Å². The molecule has 0 aliphatic rings. The second-order valence-electron chi connectivity index (χ2n) is 4.55. The minimum atomic E-state index is -0.225. The van der Waals surface area contributed by atoms with E-state index < -0.39 is 0 Å². The lowest BCUT2D eigenvalue weighted by Crippen LogP contribution is -2.24. The number of nitrogens with one attached hydrogen (secondary N) is 3. The molecular formula is C14H19N5O. The maximum Gasteiger partial charge on any atom is 0.318 e. The molecule has 0 saturated heterocycles. The van der Waals surface area contributed by atoms with E-state index in [1.165, 1.54) is 5.56 Å². The van der Waals surface area contributed by atoms with E-state index in [2.05, 4.69) is 21.0 Å². The molecule has 1 aromatic heterocycles. The smallest absolute Gasteiger partial charge is 0.318 e. The fraction of sp³-hybridized carbons (Fsp3) is 0.286. The number of anilines is 2. The van der Waals surface area contributed by atoms with Crippen LogP contribution in [0.15, 0.2) is 30.5 Å². The van der Waals surface area contributed by atoms with Crippen molar-refractivity contribution in [1.29, 1.82) is 0 Å². The van der Waals surface area contributed by atoms with Gasteiger partial charge in [-0.3, -0.25) is 4.68 Å². The van der Waals surface area contributed by atoms with Crippen LogP contribution in [0, 0.1) is 6.92 Å². The second-order valence-corrected chi connectivity index (χ2v) is 4.55. The molecule has 0 fully saturated rings. The molecule has 0 aliphatic carbocycles. The van der Waals surface area contributed by atoms with E-state index >= 15 is 0 Å². The number of aromatic nitrogens is 2. The molecule has 0 aliphatic heterocycles. The molecular weight excluding hydrogens is 254 g/mol. The summed E-state index contributed by atoms with van der Waals surface area (Å²) in [6.07, 6.45) is 2.00. The zero-order chi connectivity index (χ0) is 14.5. The second kappa shape index (κ2) is 6.10. The van der Waals surface area contributed by atoms with Crippen molar-refractivity contribution >= 4 is 17.4 Å². The van der Waals surface area contributed by atoms with Gasteiger partial charge in [0.15, 0.2) is 0 Å². The first-order valence-corrected chi connectivity index (χ1v) is 6.40. The summed E-state index contributed by atoms with van der Waals surface area (Å²) >= 11 is 0. The first kappa shape index (κ1) is 13.9. The van der Waals surface area contributed by atoms with E-state index in [0.717, 1.165) is 23.6 Å². The molecule has 0 radical (unpaired) electrons. The van der Waals surface area contributed by atoms with Crippen LogP contribution < -0.4 is 16.0 Å². The van der Waals surface area contributed by atoms with Gasteiger partial charge in [0.2, 0.25) is 0 Å². The number of carbonyl (C=O) groups is 1.